The van der Waals surface area contributed by atoms with Crippen molar-refractivity contribution in [2.24, 2.45) is 5.10 Å². The van der Waals surface area contributed by atoms with Crippen molar-refractivity contribution in [3.63, 3.8) is 0 Å². The van der Waals surface area contributed by atoms with E-state index in [1.807, 2.05) is 32.0 Å². The number of rotatable bonds is 7. The van der Waals surface area contributed by atoms with Gasteiger partial charge in [-0.15, -0.1) is 0 Å². The first-order valence-electron chi connectivity index (χ1n) is 8.41. The van der Waals surface area contributed by atoms with Gasteiger partial charge < -0.3 is 10.1 Å². The Morgan fingerprint density at radius 1 is 1.15 bits per heavy atom. The highest BCUT2D eigenvalue weighted by atomic mass is 16.5. The molecule has 26 heavy (non-hydrogen) atoms. The van der Waals surface area contributed by atoms with Crippen LogP contribution in [0.3, 0.4) is 0 Å². The van der Waals surface area contributed by atoms with Crippen LogP contribution in [-0.4, -0.2) is 25.1 Å². The average molecular weight is 353 g/mol. The standard InChI is InChI=1S/C20H23N3O3/c1-4-5-19(24)22-17-9-7-16(8-10-17)20(25)23-21-13-15-6-11-18(26-3)14(2)12-15/h6-13H,4-5H2,1-3H3,(H,22,24)(H,23,25). The fraction of sp³-hybridized carbons (Fsp3) is 0.250. The summed E-state index contributed by atoms with van der Waals surface area (Å²) in [7, 11) is 1.62. The number of aryl methyl sites for hydroxylation is 1. The number of carbonyl (C=O) groups is 2. The number of methoxy groups -OCH3 is 1. The third kappa shape index (κ3) is 5.44. The van der Waals surface area contributed by atoms with Crippen LogP contribution in [0.5, 0.6) is 5.75 Å². The monoisotopic (exact) mass is 353 g/mol. The topological polar surface area (TPSA) is 79.8 Å². The van der Waals surface area contributed by atoms with E-state index in [9.17, 15) is 9.59 Å². The van der Waals surface area contributed by atoms with Crippen LogP contribution in [0.2, 0.25) is 0 Å². The van der Waals surface area contributed by atoms with Crippen LogP contribution in [0.15, 0.2) is 47.6 Å². The minimum absolute atomic E-state index is 0.0379. The van der Waals surface area contributed by atoms with E-state index in [1.165, 1.54) is 0 Å². The van der Waals surface area contributed by atoms with E-state index in [0.717, 1.165) is 23.3 Å². The molecule has 0 aromatic heterocycles. The summed E-state index contributed by atoms with van der Waals surface area (Å²) in [4.78, 5) is 23.7. The van der Waals surface area contributed by atoms with Crippen molar-refractivity contribution in [2.45, 2.75) is 26.7 Å². The molecular weight excluding hydrogens is 330 g/mol. The van der Waals surface area contributed by atoms with Crippen molar-refractivity contribution in [1.82, 2.24) is 5.43 Å². The number of anilines is 1. The Hall–Kier alpha value is -3.15. The average Bonchev–Trinajstić information content (AvgIpc) is 2.62. The molecule has 0 saturated carbocycles. The molecule has 0 spiro atoms. The van der Waals surface area contributed by atoms with Gasteiger partial charge in [-0.05, 0) is 66.9 Å². The van der Waals surface area contributed by atoms with Gasteiger partial charge in [0.1, 0.15) is 5.75 Å². The molecule has 0 atom stereocenters. The van der Waals surface area contributed by atoms with Gasteiger partial charge in [-0.2, -0.15) is 5.10 Å². The van der Waals surface area contributed by atoms with Gasteiger partial charge in [0.2, 0.25) is 5.91 Å². The lowest BCUT2D eigenvalue weighted by molar-refractivity contribution is -0.116. The van der Waals surface area contributed by atoms with Gasteiger partial charge in [0.25, 0.3) is 5.91 Å². The largest absolute Gasteiger partial charge is 0.496 e. The van der Waals surface area contributed by atoms with E-state index in [1.54, 1.807) is 37.6 Å². The zero-order chi connectivity index (χ0) is 18.9. The molecule has 136 valence electrons. The maximum absolute atomic E-state index is 12.1. The molecule has 0 bridgehead atoms. The molecule has 0 aliphatic carbocycles. The third-order valence-electron chi connectivity index (χ3n) is 3.71. The molecule has 0 fully saturated rings. The van der Waals surface area contributed by atoms with Crippen LogP contribution >= 0.6 is 0 Å². The first kappa shape index (κ1) is 19.2. The van der Waals surface area contributed by atoms with Gasteiger partial charge in [-0.1, -0.05) is 6.92 Å². The fourth-order valence-electron chi connectivity index (χ4n) is 2.37. The number of hydrogen-bond donors (Lipinski definition) is 2. The normalized spacial score (nSPS) is 10.6. The summed E-state index contributed by atoms with van der Waals surface area (Å²) in [5.41, 5.74) is 5.46. The van der Waals surface area contributed by atoms with Crippen LogP contribution in [-0.2, 0) is 4.79 Å². The molecule has 0 aliphatic heterocycles. The molecule has 0 heterocycles. The van der Waals surface area contributed by atoms with Crippen LogP contribution in [0, 0.1) is 6.92 Å². The van der Waals surface area contributed by atoms with Crippen molar-refractivity contribution < 1.29 is 14.3 Å². The van der Waals surface area contributed by atoms with Gasteiger partial charge in [0.05, 0.1) is 13.3 Å². The van der Waals surface area contributed by atoms with E-state index in [4.69, 9.17) is 4.74 Å². The lowest BCUT2D eigenvalue weighted by Gasteiger charge is -2.06. The summed E-state index contributed by atoms with van der Waals surface area (Å²) >= 11 is 0. The fourth-order valence-corrected chi connectivity index (χ4v) is 2.37. The van der Waals surface area contributed by atoms with Crippen molar-refractivity contribution in [2.75, 3.05) is 12.4 Å². The number of carbonyl (C=O) groups excluding carboxylic acids is 2. The van der Waals surface area contributed by atoms with E-state index in [2.05, 4.69) is 15.8 Å². The van der Waals surface area contributed by atoms with Gasteiger partial charge in [-0.25, -0.2) is 5.43 Å². The Morgan fingerprint density at radius 3 is 2.50 bits per heavy atom. The zero-order valence-electron chi connectivity index (χ0n) is 15.2. The number of ether oxygens (including phenoxy) is 1. The molecule has 0 radical (unpaired) electrons. The highest BCUT2D eigenvalue weighted by molar-refractivity contribution is 5.96. The molecule has 6 nitrogen and oxygen atoms in total. The molecule has 0 unspecified atom stereocenters. The second kappa shape index (κ2) is 9.36. The van der Waals surface area contributed by atoms with Crippen molar-refractivity contribution in [3.8, 4) is 5.75 Å². The van der Waals surface area contributed by atoms with Crippen LogP contribution < -0.4 is 15.5 Å². The Labute approximate surface area is 153 Å². The Bertz CT molecular complexity index is 798. The Kier molecular flexibility index (Phi) is 6.91. The molecule has 6 heteroatoms. The van der Waals surface area contributed by atoms with Gasteiger partial charge in [-0.3, -0.25) is 9.59 Å². The minimum atomic E-state index is -0.321. The second-order valence-electron chi connectivity index (χ2n) is 5.80. The van der Waals surface area contributed by atoms with E-state index >= 15 is 0 Å². The molecule has 0 saturated heterocycles. The Balaban J connectivity index is 1.93. The first-order valence-corrected chi connectivity index (χ1v) is 8.41. The summed E-state index contributed by atoms with van der Waals surface area (Å²) in [5.74, 6) is 0.444. The SMILES string of the molecule is CCCC(=O)Nc1ccc(C(=O)NN=Cc2ccc(OC)c(C)c2)cc1. The highest BCUT2D eigenvalue weighted by Crippen LogP contribution is 2.17. The molecule has 2 aromatic carbocycles. The van der Waals surface area contributed by atoms with Gasteiger partial charge >= 0.3 is 0 Å². The lowest BCUT2D eigenvalue weighted by atomic mass is 10.1. The number of nitrogens with one attached hydrogen (secondary N) is 2. The smallest absolute Gasteiger partial charge is 0.271 e. The number of hydrogen-bond acceptors (Lipinski definition) is 4. The molecule has 2 N–H and O–H groups in total. The highest BCUT2D eigenvalue weighted by Gasteiger charge is 2.05. The number of amides is 2. The van der Waals surface area contributed by atoms with Gasteiger partial charge in [0.15, 0.2) is 0 Å². The number of hydrazone groups is 1. The molecular formula is C20H23N3O3. The number of nitrogens with zero attached hydrogens (tertiary/aromatic N) is 1. The van der Waals surface area contributed by atoms with Crippen LogP contribution in [0.4, 0.5) is 5.69 Å². The van der Waals surface area contributed by atoms with Crippen LogP contribution in [0.1, 0.15) is 41.3 Å². The molecule has 2 aromatic rings. The predicted octanol–water partition coefficient (Wildman–Crippen LogP) is 3.51. The maximum Gasteiger partial charge on any atom is 0.271 e. The van der Waals surface area contributed by atoms with Crippen molar-refractivity contribution in [3.05, 3.63) is 59.2 Å². The van der Waals surface area contributed by atoms with E-state index < -0.39 is 0 Å². The molecule has 0 aliphatic rings. The van der Waals surface area contributed by atoms with Crippen LogP contribution in [0.25, 0.3) is 0 Å². The minimum Gasteiger partial charge on any atom is -0.496 e. The summed E-state index contributed by atoms with van der Waals surface area (Å²) < 4.78 is 5.21. The summed E-state index contributed by atoms with van der Waals surface area (Å²) in [6, 6.07) is 12.3. The predicted molar refractivity (Wildman–Crippen MR) is 103 cm³/mol. The Morgan fingerprint density at radius 2 is 1.88 bits per heavy atom. The first-order chi connectivity index (χ1) is 12.5. The summed E-state index contributed by atoms with van der Waals surface area (Å²) in [6.07, 6.45) is 2.84. The second-order valence-corrected chi connectivity index (χ2v) is 5.80. The van der Waals surface area contributed by atoms with Crippen molar-refractivity contribution in [1.29, 1.82) is 0 Å². The van der Waals surface area contributed by atoms with E-state index in [-0.39, 0.29) is 11.8 Å². The van der Waals surface area contributed by atoms with E-state index in [0.29, 0.717) is 17.7 Å². The maximum atomic E-state index is 12.1. The third-order valence-corrected chi connectivity index (χ3v) is 3.71. The number of benzene rings is 2. The quantitative estimate of drug-likeness (QED) is 0.590. The van der Waals surface area contributed by atoms with Gasteiger partial charge in [0, 0.05) is 17.7 Å². The molecule has 2 rings (SSSR count). The van der Waals surface area contributed by atoms with Crippen molar-refractivity contribution >= 4 is 23.7 Å². The zero-order valence-corrected chi connectivity index (χ0v) is 15.2. The summed E-state index contributed by atoms with van der Waals surface area (Å²) in [6.45, 7) is 3.89. The lowest BCUT2D eigenvalue weighted by Crippen LogP contribution is -2.17. The summed E-state index contributed by atoms with van der Waals surface area (Å²) in [5, 5.41) is 6.75. The molecule has 2 amide bonds.